The van der Waals surface area contributed by atoms with Crippen LogP contribution in [0.1, 0.15) is 0 Å². The van der Waals surface area contributed by atoms with Crippen LogP contribution in [0, 0.1) is 0 Å². The third-order valence-corrected chi connectivity index (χ3v) is 4.55. The zero-order valence-corrected chi connectivity index (χ0v) is 13.0. The molecule has 0 atom stereocenters. The molecule has 108 valence electrons. The zero-order valence-electron chi connectivity index (χ0n) is 11.4. The molecule has 2 aromatic carbocycles. The van der Waals surface area contributed by atoms with Crippen LogP contribution < -0.4 is 10.2 Å². The molecule has 0 spiro atoms. The van der Waals surface area contributed by atoms with Gasteiger partial charge in [-0.05, 0) is 30.3 Å². The SMILES string of the molecule is O=C(CN1CCSc2ccccc21)Nc1cccc(Cl)c1. The number of nitrogens with zero attached hydrogens (tertiary/aromatic N) is 1. The van der Waals surface area contributed by atoms with E-state index in [0.29, 0.717) is 11.6 Å². The molecular weight excluding hydrogens is 304 g/mol. The normalized spacial score (nSPS) is 13.7. The van der Waals surface area contributed by atoms with Crippen LogP contribution in [0.2, 0.25) is 5.02 Å². The maximum absolute atomic E-state index is 12.2. The summed E-state index contributed by atoms with van der Waals surface area (Å²) in [7, 11) is 0. The molecule has 1 aliphatic rings. The summed E-state index contributed by atoms with van der Waals surface area (Å²) in [5, 5.41) is 3.51. The summed E-state index contributed by atoms with van der Waals surface area (Å²) in [5.74, 6) is 0.973. The smallest absolute Gasteiger partial charge is 0.243 e. The molecule has 0 aliphatic carbocycles. The molecule has 0 saturated heterocycles. The van der Waals surface area contributed by atoms with E-state index >= 15 is 0 Å². The van der Waals surface area contributed by atoms with E-state index < -0.39 is 0 Å². The highest BCUT2D eigenvalue weighted by molar-refractivity contribution is 7.99. The lowest BCUT2D eigenvalue weighted by molar-refractivity contribution is -0.115. The molecule has 3 nitrogen and oxygen atoms in total. The second-order valence-corrected chi connectivity index (χ2v) is 6.37. The number of carbonyl (C=O) groups is 1. The van der Waals surface area contributed by atoms with Gasteiger partial charge in [-0.25, -0.2) is 0 Å². The average molecular weight is 319 g/mol. The number of fused-ring (bicyclic) bond motifs is 1. The Bertz CT molecular complexity index is 662. The predicted octanol–water partition coefficient (Wildman–Crippen LogP) is 3.89. The van der Waals surface area contributed by atoms with Crippen LogP contribution in [-0.4, -0.2) is 24.7 Å². The first-order valence-corrected chi connectivity index (χ1v) is 8.11. The first-order valence-electron chi connectivity index (χ1n) is 6.74. The summed E-state index contributed by atoms with van der Waals surface area (Å²) in [6, 6.07) is 15.4. The van der Waals surface area contributed by atoms with Gasteiger partial charge in [0.1, 0.15) is 0 Å². The van der Waals surface area contributed by atoms with Crippen molar-refractivity contribution in [3.63, 3.8) is 0 Å². The molecule has 0 fully saturated rings. The van der Waals surface area contributed by atoms with E-state index in [1.54, 1.807) is 12.1 Å². The van der Waals surface area contributed by atoms with Crippen LogP contribution in [-0.2, 0) is 4.79 Å². The van der Waals surface area contributed by atoms with Gasteiger partial charge in [0.15, 0.2) is 0 Å². The molecule has 0 radical (unpaired) electrons. The molecule has 1 heterocycles. The van der Waals surface area contributed by atoms with Crippen molar-refractivity contribution in [3.05, 3.63) is 53.6 Å². The number of amides is 1. The van der Waals surface area contributed by atoms with Crippen LogP contribution in [0.5, 0.6) is 0 Å². The van der Waals surface area contributed by atoms with E-state index in [9.17, 15) is 4.79 Å². The number of thioether (sulfide) groups is 1. The van der Waals surface area contributed by atoms with Crippen LogP contribution in [0.15, 0.2) is 53.4 Å². The molecule has 0 unspecified atom stereocenters. The largest absolute Gasteiger partial charge is 0.360 e. The molecule has 3 rings (SSSR count). The van der Waals surface area contributed by atoms with Crippen LogP contribution in [0.3, 0.4) is 0 Å². The molecular formula is C16H15ClN2OS. The van der Waals surface area contributed by atoms with Crippen molar-refractivity contribution >= 4 is 40.6 Å². The van der Waals surface area contributed by atoms with Crippen molar-refractivity contribution in [3.8, 4) is 0 Å². The van der Waals surface area contributed by atoms with Gasteiger partial charge in [-0.1, -0.05) is 29.8 Å². The summed E-state index contributed by atoms with van der Waals surface area (Å²) in [6.45, 7) is 1.23. The summed E-state index contributed by atoms with van der Waals surface area (Å²) in [4.78, 5) is 15.6. The Balaban J connectivity index is 1.68. The number of halogens is 1. The third-order valence-electron chi connectivity index (χ3n) is 3.27. The van der Waals surface area contributed by atoms with Crippen molar-refractivity contribution in [2.24, 2.45) is 0 Å². The van der Waals surface area contributed by atoms with Gasteiger partial charge in [-0.2, -0.15) is 0 Å². The van der Waals surface area contributed by atoms with E-state index in [1.165, 1.54) is 4.90 Å². The van der Waals surface area contributed by atoms with Crippen molar-refractivity contribution in [1.82, 2.24) is 0 Å². The van der Waals surface area contributed by atoms with Crippen molar-refractivity contribution in [2.45, 2.75) is 4.90 Å². The predicted molar refractivity (Wildman–Crippen MR) is 89.5 cm³/mol. The summed E-state index contributed by atoms with van der Waals surface area (Å²) < 4.78 is 0. The monoisotopic (exact) mass is 318 g/mol. The zero-order chi connectivity index (χ0) is 14.7. The first kappa shape index (κ1) is 14.3. The molecule has 0 bridgehead atoms. The van der Waals surface area contributed by atoms with Gasteiger partial charge in [0.2, 0.25) is 5.91 Å². The number of anilines is 2. The van der Waals surface area contributed by atoms with Gasteiger partial charge >= 0.3 is 0 Å². The first-order chi connectivity index (χ1) is 10.2. The lowest BCUT2D eigenvalue weighted by atomic mass is 10.2. The lowest BCUT2D eigenvalue weighted by Crippen LogP contribution is -2.36. The number of benzene rings is 2. The van der Waals surface area contributed by atoms with Crippen molar-refractivity contribution in [1.29, 1.82) is 0 Å². The third kappa shape index (κ3) is 3.52. The molecule has 0 aromatic heterocycles. The highest BCUT2D eigenvalue weighted by Crippen LogP contribution is 2.34. The van der Waals surface area contributed by atoms with Gasteiger partial charge in [0, 0.05) is 27.9 Å². The Morgan fingerprint density at radius 2 is 2.10 bits per heavy atom. The summed E-state index contributed by atoms with van der Waals surface area (Å²) >= 11 is 7.76. The van der Waals surface area contributed by atoms with Gasteiger partial charge in [0.25, 0.3) is 0 Å². The summed E-state index contributed by atoms with van der Waals surface area (Å²) in [6.07, 6.45) is 0. The van der Waals surface area contributed by atoms with Crippen LogP contribution in [0.4, 0.5) is 11.4 Å². The topological polar surface area (TPSA) is 32.3 Å². The lowest BCUT2D eigenvalue weighted by Gasteiger charge is -2.30. The highest BCUT2D eigenvalue weighted by atomic mass is 35.5. The Morgan fingerprint density at radius 3 is 2.95 bits per heavy atom. The Morgan fingerprint density at radius 1 is 1.24 bits per heavy atom. The fraction of sp³-hybridized carbons (Fsp3) is 0.188. The maximum Gasteiger partial charge on any atom is 0.243 e. The van der Waals surface area contributed by atoms with Crippen LogP contribution >= 0.6 is 23.4 Å². The summed E-state index contributed by atoms with van der Waals surface area (Å²) in [5.41, 5.74) is 1.86. The molecule has 1 aliphatic heterocycles. The number of carbonyl (C=O) groups excluding carboxylic acids is 1. The Hall–Kier alpha value is -1.65. The number of rotatable bonds is 3. The Labute approximate surface area is 133 Å². The van der Waals surface area contributed by atoms with Crippen molar-refractivity contribution in [2.75, 3.05) is 29.1 Å². The number of hydrogen-bond acceptors (Lipinski definition) is 3. The fourth-order valence-corrected chi connectivity index (χ4v) is 3.57. The molecule has 1 amide bonds. The minimum atomic E-state index is -0.0287. The van der Waals surface area contributed by atoms with Gasteiger partial charge in [-0.15, -0.1) is 11.8 Å². The van der Waals surface area contributed by atoms with E-state index in [1.807, 2.05) is 36.0 Å². The van der Waals surface area contributed by atoms with E-state index in [4.69, 9.17) is 11.6 Å². The quantitative estimate of drug-likeness (QED) is 0.931. The molecule has 0 saturated carbocycles. The van der Waals surface area contributed by atoms with E-state index in [2.05, 4.69) is 22.3 Å². The number of hydrogen-bond donors (Lipinski definition) is 1. The second kappa shape index (κ2) is 6.41. The van der Waals surface area contributed by atoms with Crippen molar-refractivity contribution < 1.29 is 4.79 Å². The maximum atomic E-state index is 12.2. The Kier molecular flexibility index (Phi) is 4.36. The van der Waals surface area contributed by atoms with E-state index in [0.717, 1.165) is 23.7 Å². The molecule has 2 aromatic rings. The van der Waals surface area contributed by atoms with E-state index in [-0.39, 0.29) is 5.91 Å². The van der Waals surface area contributed by atoms with Gasteiger partial charge in [0.05, 0.1) is 12.2 Å². The fourth-order valence-electron chi connectivity index (χ4n) is 2.33. The molecule has 21 heavy (non-hydrogen) atoms. The number of nitrogens with one attached hydrogen (secondary N) is 1. The van der Waals surface area contributed by atoms with Crippen LogP contribution in [0.25, 0.3) is 0 Å². The van der Waals surface area contributed by atoms with Gasteiger partial charge < -0.3 is 10.2 Å². The molecule has 1 N–H and O–H groups in total. The van der Waals surface area contributed by atoms with Gasteiger partial charge in [-0.3, -0.25) is 4.79 Å². The minimum absolute atomic E-state index is 0.0287. The average Bonchev–Trinajstić information content (AvgIpc) is 2.47. The minimum Gasteiger partial charge on any atom is -0.360 e. The second-order valence-electron chi connectivity index (χ2n) is 4.80. The standard InChI is InChI=1S/C16H15ClN2OS/c17-12-4-3-5-13(10-12)18-16(20)11-19-8-9-21-15-7-2-1-6-14(15)19/h1-7,10H,8-9,11H2,(H,18,20). The molecule has 5 heteroatoms. The number of para-hydroxylation sites is 1. The highest BCUT2D eigenvalue weighted by Gasteiger charge is 2.19.